The maximum atomic E-state index is 6.20. The van der Waals surface area contributed by atoms with Crippen LogP contribution in [-0.4, -0.2) is 31.9 Å². The van der Waals surface area contributed by atoms with Crippen LogP contribution in [0.15, 0.2) is 36.4 Å². The van der Waals surface area contributed by atoms with Crippen LogP contribution in [0.1, 0.15) is 11.1 Å². The van der Waals surface area contributed by atoms with Gasteiger partial charge in [-0.25, -0.2) is 0 Å². The number of nitrogens with zero attached hydrogens (tertiary/aromatic N) is 1. The van der Waals surface area contributed by atoms with Crippen LogP contribution >= 0.6 is 23.2 Å². The molecule has 1 aliphatic rings. The number of benzene rings is 2. The van der Waals surface area contributed by atoms with E-state index in [1.165, 1.54) is 0 Å². The van der Waals surface area contributed by atoms with Crippen LogP contribution in [0.5, 0.6) is 11.5 Å². The minimum atomic E-state index is 0.283. The SMILES string of the molecule is CN(CCOc1ccc(Cl)cc1)Cc1cc(Cl)cc2c1OCOC2. The quantitative estimate of drug-likeness (QED) is 0.758. The molecule has 1 aliphatic heterocycles. The lowest BCUT2D eigenvalue weighted by Gasteiger charge is -2.24. The van der Waals surface area contributed by atoms with Gasteiger partial charge in [0.1, 0.15) is 18.1 Å². The summed E-state index contributed by atoms with van der Waals surface area (Å²) in [6, 6.07) is 11.2. The van der Waals surface area contributed by atoms with E-state index in [-0.39, 0.29) is 6.79 Å². The van der Waals surface area contributed by atoms with Gasteiger partial charge >= 0.3 is 0 Å². The van der Waals surface area contributed by atoms with Crippen LogP contribution in [0, 0.1) is 0 Å². The van der Waals surface area contributed by atoms with Crippen LogP contribution in [-0.2, 0) is 17.9 Å². The molecule has 0 spiro atoms. The maximum absolute atomic E-state index is 6.20. The predicted octanol–water partition coefficient (Wildman–Crippen LogP) is 4.37. The second-order valence-corrected chi connectivity index (χ2v) is 6.58. The highest BCUT2D eigenvalue weighted by atomic mass is 35.5. The second-order valence-electron chi connectivity index (χ2n) is 5.70. The average molecular weight is 368 g/mol. The molecule has 128 valence electrons. The Morgan fingerprint density at radius 1 is 1.12 bits per heavy atom. The van der Waals surface area contributed by atoms with E-state index in [0.29, 0.717) is 23.3 Å². The normalized spacial score (nSPS) is 13.5. The Bertz CT molecular complexity index is 691. The first-order valence-electron chi connectivity index (χ1n) is 7.70. The topological polar surface area (TPSA) is 30.9 Å². The summed E-state index contributed by atoms with van der Waals surface area (Å²) in [6.45, 7) is 2.91. The van der Waals surface area contributed by atoms with Gasteiger partial charge in [0.05, 0.1) is 6.61 Å². The standard InChI is InChI=1S/C18H19Cl2NO3/c1-21(6-7-23-17-4-2-15(19)3-5-17)10-13-8-16(20)9-14-11-22-12-24-18(13)14/h2-5,8-9H,6-7,10-12H2,1H3. The first-order valence-corrected chi connectivity index (χ1v) is 8.46. The summed E-state index contributed by atoms with van der Waals surface area (Å²) >= 11 is 12.1. The van der Waals surface area contributed by atoms with Crippen molar-refractivity contribution in [3.05, 3.63) is 57.6 Å². The Hall–Kier alpha value is -1.46. The van der Waals surface area contributed by atoms with Gasteiger partial charge in [0.25, 0.3) is 0 Å². The van der Waals surface area contributed by atoms with E-state index in [0.717, 1.165) is 35.7 Å². The van der Waals surface area contributed by atoms with Crippen molar-refractivity contribution in [3.63, 3.8) is 0 Å². The van der Waals surface area contributed by atoms with E-state index in [1.54, 1.807) is 0 Å². The summed E-state index contributed by atoms with van der Waals surface area (Å²) in [6.07, 6.45) is 0. The molecule has 0 bridgehead atoms. The first-order chi connectivity index (χ1) is 11.6. The first kappa shape index (κ1) is 17.4. The Morgan fingerprint density at radius 2 is 1.92 bits per heavy atom. The summed E-state index contributed by atoms with van der Waals surface area (Å²) in [5, 5.41) is 1.40. The Balaban J connectivity index is 1.56. The van der Waals surface area contributed by atoms with Crippen molar-refractivity contribution < 1.29 is 14.2 Å². The van der Waals surface area contributed by atoms with Crippen molar-refractivity contribution in [1.29, 1.82) is 0 Å². The van der Waals surface area contributed by atoms with Crippen molar-refractivity contribution in [2.24, 2.45) is 0 Å². The third kappa shape index (κ3) is 4.54. The van der Waals surface area contributed by atoms with E-state index < -0.39 is 0 Å². The van der Waals surface area contributed by atoms with Crippen LogP contribution in [0.2, 0.25) is 10.0 Å². The van der Waals surface area contributed by atoms with E-state index in [1.807, 2.05) is 43.4 Å². The molecule has 0 unspecified atom stereocenters. The van der Waals surface area contributed by atoms with Gasteiger partial charge in [-0.3, -0.25) is 4.90 Å². The highest BCUT2D eigenvalue weighted by molar-refractivity contribution is 6.31. The number of rotatable bonds is 6. The molecule has 0 saturated heterocycles. The molecule has 0 fully saturated rings. The number of hydrogen-bond donors (Lipinski definition) is 0. The lowest BCUT2D eigenvalue weighted by molar-refractivity contribution is -0.0174. The highest BCUT2D eigenvalue weighted by Crippen LogP contribution is 2.32. The van der Waals surface area contributed by atoms with Crippen molar-refractivity contribution in [2.45, 2.75) is 13.2 Å². The summed E-state index contributed by atoms with van der Waals surface area (Å²) in [4.78, 5) is 2.17. The van der Waals surface area contributed by atoms with Gasteiger partial charge in [0.15, 0.2) is 6.79 Å². The zero-order valence-corrected chi connectivity index (χ0v) is 14.9. The van der Waals surface area contributed by atoms with Crippen LogP contribution in [0.3, 0.4) is 0 Å². The summed E-state index contributed by atoms with van der Waals surface area (Å²) in [5.41, 5.74) is 2.06. The molecule has 2 aromatic carbocycles. The molecular formula is C18H19Cl2NO3. The number of hydrogen-bond acceptors (Lipinski definition) is 4. The van der Waals surface area contributed by atoms with Crippen molar-refractivity contribution in [3.8, 4) is 11.5 Å². The average Bonchev–Trinajstić information content (AvgIpc) is 2.56. The molecule has 1 heterocycles. The molecule has 0 aromatic heterocycles. The molecule has 6 heteroatoms. The summed E-state index contributed by atoms with van der Waals surface area (Å²) in [5.74, 6) is 1.70. The molecule has 0 radical (unpaired) electrons. The number of ether oxygens (including phenoxy) is 3. The predicted molar refractivity (Wildman–Crippen MR) is 95.0 cm³/mol. The van der Waals surface area contributed by atoms with Gasteiger partial charge in [-0.2, -0.15) is 0 Å². The molecule has 0 saturated carbocycles. The lowest BCUT2D eigenvalue weighted by atomic mass is 10.1. The van der Waals surface area contributed by atoms with Gasteiger partial charge in [-0.1, -0.05) is 23.2 Å². The minimum Gasteiger partial charge on any atom is -0.492 e. The fourth-order valence-electron chi connectivity index (χ4n) is 2.59. The van der Waals surface area contributed by atoms with Crippen molar-refractivity contribution in [1.82, 2.24) is 4.90 Å². The third-order valence-electron chi connectivity index (χ3n) is 3.75. The number of likely N-dealkylation sites (N-methyl/N-ethyl adjacent to an activating group) is 1. The monoisotopic (exact) mass is 367 g/mol. The largest absolute Gasteiger partial charge is 0.492 e. The molecular weight excluding hydrogens is 349 g/mol. The molecule has 0 atom stereocenters. The van der Waals surface area contributed by atoms with Gasteiger partial charge < -0.3 is 14.2 Å². The van der Waals surface area contributed by atoms with Gasteiger partial charge in [0, 0.05) is 34.3 Å². The smallest absolute Gasteiger partial charge is 0.189 e. The van der Waals surface area contributed by atoms with Crippen molar-refractivity contribution in [2.75, 3.05) is 27.0 Å². The van der Waals surface area contributed by atoms with Crippen LogP contribution in [0.4, 0.5) is 0 Å². The van der Waals surface area contributed by atoms with Gasteiger partial charge in [0.2, 0.25) is 0 Å². The molecule has 0 N–H and O–H groups in total. The Labute approximate surface area is 151 Å². The third-order valence-corrected chi connectivity index (χ3v) is 4.22. The number of fused-ring (bicyclic) bond motifs is 1. The molecule has 4 nitrogen and oxygen atoms in total. The van der Waals surface area contributed by atoms with E-state index in [2.05, 4.69) is 4.90 Å². The minimum absolute atomic E-state index is 0.283. The van der Waals surface area contributed by atoms with Gasteiger partial charge in [-0.15, -0.1) is 0 Å². The lowest BCUT2D eigenvalue weighted by Crippen LogP contribution is -2.25. The van der Waals surface area contributed by atoms with E-state index in [9.17, 15) is 0 Å². The Kier molecular flexibility index (Phi) is 5.85. The van der Waals surface area contributed by atoms with Crippen molar-refractivity contribution >= 4 is 23.2 Å². The number of halogens is 2. The van der Waals surface area contributed by atoms with E-state index in [4.69, 9.17) is 37.4 Å². The van der Waals surface area contributed by atoms with E-state index >= 15 is 0 Å². The molecule has 2 aromatic rings. The van der Waals surface area contributed by atoms with Crippen LogP contribution in [0.25, 0.3) is 0 Å². The van der Waals surface area contributed by atoms with Crippen LogP contribution < -0.4 is 9.47 Å². The molecule has 3 rings (SSSR count). The molecule has 24 heavy (non-hydrogen) atoms. The fourth-order valence-corrected chi connectivity index (χ4v) is 2.98. The maximum Gasteiger partial charge on any atom is 0.189 e. The highest BCUT2D eigenvalue weighted by Gasteiger charge is 2.17. The summed E-state index contributed by atoms with van der Waals surface area (Å²) < 4.78 is 16.7. The molecule has 0 aliphatic carbocycles. The fraction of sp³-hybridized carbons (Fsp3) is 0.333. The molecule has 0 amide bonds. The zero-order chi connectivity index (χ0) is 16.9. The Morgan fingerprint density at radius 3 is 2.71 bits per heavy atom. The zero-order valence-electron chi connectivity index (χ0n) is 13.4. The second kappa shape index (κ2) is 8.08. The van der Waals surface area contributed by atoms with Gasteiger partial charge in [-0.05, 0) is 43.4 Å². The summed E-state index contributed by atoms with van der Waals surface area (Å²) in [7, 11) is 2.04.